The molecule has 24 heavy (non-hydrogen) atoms. The molecule has 5 nitrogen and oxygen atoms in total. The highest BCUT2D eigenvalue weighted by atomic mass is 32.1. The predicted molar refractivity (Wildman–Crippen MR) is 92.8 cm³/mol. The molecule has 2 aromatic rings. The molecule has 3 rings (SSSR count). The summed E-state index contributed by atoms with van der Waals surface area (Å²) in [6.07, 6.45) is 0.305. The number of carbonyl (C=O) groups excluding carboxylic acids is 2. The van der Waals surface area contributed by atoms with Crippen molar-refractivity contribution in [2.45, 2.75) is 45.8 Å². The number of hydrogen-bond donors (Lipinski definition) is 1. The molecule has 0 bridgehead atoms. The zero-order valence-corrected chi connectivity index (χ0v) is 15.0. The fraction of sp³-hybridized carbons (Fsp3) is 0.389. The average Bonchev–Trinajstić information content (AvgIpc) is 2.92. The number of amides is 1. The summed E-state index contributed by atoms with van der Waals surface area (Å²) in [6.45, 7) is 7.58. The Hall–Kier alpha value is -2.21. The van der Waals surface area contributed by atoms with E-state index >= 15 is 0 Å². The lowest BCUT2D eigenvalue weighted by Gasteiger charge is -2.31. The smallest absolute Gasteiger partial charge is 0.251 e. The van der Waals surface area contributed by atoms with Crippen LogP contribution in [0.3, 0.4) is 0 Å². The van der Waals surface area contributed by atoms with Gasteiger partial charge in [-0.2, -0.15) is 0 Å². The molecule has 0 radical (unpaired) electrons. The lowest BCUT2D eigenvalue weighted by atomic mass is 9.92. The number of Topliss-reactive ketones (excluding diaryl/α,β-unsaturated/α-hetero) is 1. The standard InChI is InChI=1S/C18H20N2O3S/c1-10(14-9-24-11(2)20-14)19-17(22)12-5-6-16-13(7-12)15(21)8-18(3,4)23-16/h5-7,9-10H,8H2,1-4H3,(H,19,22). The molecule has 0 fully saturated rings. The first kappa shape index (κ1) is 16.6. The first-order valence-corrected chi connectivity index (χ1v) is 8.72. The molecular formula is C18H20N2O3S. The minimum atomic E-state index is -0.509. The fourth-order valence-electron chi connectivity index (χ4n) is 2.73. The van der Waals surface area contributed by atoms with Crippen LogP contribution in [-0.4, -0.2) is 22.3 Å². The van der Waals surface area contributed by atoms with Crippen LogP contribution in [-0.2, 0) is 0 Å². The molecule has 1 aromatic heterocycles. The molecule has 0 saturated heterocycles. The predicted octanol–water partition coefficient (Wildman–Crippen LogP) is 3.69. The second-order valence-corrected chi connectivity index (χ2v) is 7.72. The van der Waals surface area contributed by atoms with Crippen LogP contribution < -0.4 is 10.1 Å². The number of benzene rings is 1. The third-order valence-electron chi connectivity index (χ3n) is 3.94. The van der Waals surface area contributed by atoms with E-state index in [1.165, 1.54) is 0 Å². The number of fused-ring (bicyclic) bond motifs is 1. The lowest BCUT2D eigenvalue weighted by Crippen LogP contribution is -2.36. The zero-order valence-electron chi connectivity index (χ0n) is 14.2. The van der Waals surface area contributed by atoms with Crippen molar-refractivity contribution in [3.05, 3.63) is 45.4 Å². The summed E-state index contributed by atoms with van der Waals surface area (Å²) >= 11 is 1.55. The van der Waals surface area contributed by atoms with Crippen LogP contribution in [0, 0.1) is 6.92 Å². The number of ether oxygens (including phenoxy) is 1. The van der Waals surface area contributed by atoms with Gasteiger partial charge in [-0.3, -0.25) is 9.59 Å². The van der Waals surface area contributed by atoms with Gasteiger partial charge in [-0.05, 0) is 45.9 Å². The van der Waals surface area contributed by atoms with Gasteiger partial charge in [0.25, 0.3) is 5.91 Å². The molecular weight excluding hydrogens is 324 g/mol. The average molecular weight is 344 g/mol. The molecule has 1 N–H and O–H groups in total. The van der Waals surface area contributed by atoms with Crippen LogP contribution in [0.5, 0.6) is 5.75 Å². The number of hydrogen-bond acceptors (Lipinski definition) is 5. The Bertz CT molecular complexity index is 810. The van der Waals surface area contributed by atoms with Crippen LogP contribution in [0.15, 0.2) is 23.6 Å². The molecule has 0 saturated carbocycles. The molecule has 1 aliphatic rings. The van der Waals surface area contributed by atoms with Gasteiger partial charge in [-0.1, -0.05) is 0 Å². The van der Waals surface area contributed by atoms with Gasteiger partial charge < -0.3 is 10.1 Å². The van der Waals surface area contributed by atoms with E-state index in [9.17, 15) is 9.59 Å². The Kier molecular flexibility index (Phi) is 4.17. The van der Waals surface area contributed by atoms with E-state index in [-0.39, 0.29) is 17.7 Å². The van der Waals surface area contributed by atoms with E-state index in [1.54, 1.807) is 29.5 Å². The summed E-state index contributed by atoms with van der Waals surface area (Å²) < 4.78 is 5.82. The Morgan fingerprint density at radius 1 is 1.42 bits per heavy atom. The summed E-state index contributed by atoms with van der Waals surface area (Å²) in [5.74, 6) is 0.309. The van der Waals surface area contributed by atoms with Gasteiger partial charge in [0.15, 0.2) is 5.78 Å². The van der Waals surface area contributed by atoms with Crippen molar-refractivity contribution >= 4 is 23.0 Å². The van der Waals surface area contributed by atoms with E-state index in [4.69, 9.17) is 4.74 Å². The molecule has 1 amide bonds. The minimum Gasteiger partial charge on any atom is -0.487 e. The molecule has 1 atom stereocenters. The normalized spacial score (nSPS) is 16.9. The van der Waals surface area contributed by atoms with Crippen LogP contribution in [0.1, 0.15) is 64.7 Å². The number of nitrogens with zero attached hydrogens (tertiary/aromatic N) is 1. The third-order valence-corrected chi connectivity index (χ3v) is 4.73. The summed E-state index contributed by atoms with van der Waals surface area (Å²) in [7, 11) is 0. The van der Waals surface area contributed by atoms with E-state index in [0.717, 1.165) is 10.7 Å². The van der Waals surface area contributed by atoms with E-state index in [0.29, 0.717) is 23.3 Å². The Morgan fingerprint density at radius 3 is 2.83 bits per heavy atom. The highest BCUT2D eigenvalue weighted by molar-refractivity contribution is 7.09. The zero-order chi connectivity index (χ0) is 17.5. The van der Waals surface area contributed by atoms with Crippen molar-refractivity contribution in [1.29, 1.82) is 0 Å². The summed E-state index contributed by atoms with van der Waals surface area (Å²) in [6, 6.07) is 4.80. The fourth-order valence-corrected chi connectivity index (χ4v) is 3.43. The number of thiazole rings is 1. The van der Waals surface area contributed by atoms with Crippen molar-refractivity contribution < 1.29 is 14.3 Å². The first-order chi connectivity index (χ1) is 11.2. The molecule has 6 heteroatoms. The molecule has 1 unspecified atom stereocenters. The van der Waals surface area contributed by atoms with Gasteiger partial charge in [0.1, 0.15) is 11.4 Å². The quantitative estimate of drug-likeness (QED) is 0.922. The molecule has 2 heterocycles. The van der Waals surface area contributed by atoms with E-state index in [2.05, 4.69) is 10.3 Å². The Balaban J connectivity index is 1.79. The van der Waals surface area contributed by atoms with Crippen molar-refractivity contribution in [1.82, 2.24) is 10.3 Å². The largest absolute Gasteiger partial charge is 0.487 e. The first-order valence-electron chi connectivity index (χ1n) is 7.84. The van der Waals surface area contributed by atoms with Gasteiger partial charge >= 0.3 is 0 Å². The third kappa shape index (κ3) is 3.33. The van der Waals surface area contributed by atoms with Crippen molar-refractivity contribution in [2.24, 2.45) is 0 Å². The number of carbonyl (C=O) groups is 2. The summed E-state index contributed by atoms with van der Waals surface area (Å²) in [5, 5.41) is 5.82. The maximum Gasteiger partial charge on any atom is 0.251 e. The maximum atomic E-state index is 12.5. The Labute approximate surface area is 145 Å². The Morgan fingerprint density at radius 2 is 2.17 bits per heavy atom. The highest BCUT2D eigenvalue weighted by Gasteiger charge is 2.32. The maximum absolute atomic E-state index is 12.5. The summed E-state index contributed by atoms with van der Waals surface area (Å²) in [5.41, 5.74) is 1.25. The highest BCUT2D eigenvalue weighted by Crippen LogP contribution is 2.33. The van der Waals surface area contributed by atoms with Gasteiger partial charge in [-0.25, -0.2) is 4.98 Å². The van der Waals surface area contributed by atoms with Crippen molar-refractivity contribution in [2.75, 3.05) is 0 Å². The SMILES string of the molecule is Cc1nc(C(C)NC(=O)c2ccc3c(c2)C(=O)CC(C)(C)O3)cs1. The van der Waals surface area contributed by atoms with Crippen LogP contribution >= 0.6 is 11.3 Å². The molecule has 0 spiro atoms. The second kappa shape index (κ2) is 6.02. The van der Waals surface area contributed by atoms with Crippen LogP contribution in [0.2, 0.25) is 0 Å². The molecule has 1 aliphatic heterocycles. The number of aromatic nitrogens is 1. The minimum absolute atomic E-state index is 0.000857. The topological polar surface area (TPSA) is 68.3 Å². The number of rotatable bonds is 3. The van der Waals surface area contributed by atoms with Crippen LogP contribution in [0.25, 0.3) is 0 Å². The lowest BCUT2D eigenvalue weighted by molar-refractivity contribution is 0.0620. The van der Waals surface area contributed by atoms with Gasteiger partial charge in [0.2, 0.25) is 0 Å². The van der Waals surface area contributed by atoms with Crippen LogP contribution in [0.4, 0.5) is 0 Å². The molecule has 126 valence electrons. The summed E-state index contributed by atoms with van der Waals surface area (Å²) in [4.78, 5) is 29.2. The van der Waals surface area contributed by atoms with Crippen molar-refractivity contribution in [3.8, 4) is 5.75 Å². The van der Waals surface area contributed by atoms with E-state index < -0.39 is 5.60 Å². The van der Waals surface area contributed by atoms with Gasteiger partial charge in [0.05, 0.1) is 28.7 Å². The number of ketones is 1. The number of aryl methyl sites for hydroxylation is 1. The van der Waals surface area contributed by atoms with Crippen molar-refractivity contribution in [3.63, 3.8) is 0 Å². The second-order valence-electron chi connectivity index (χ2n) is 6.66. The van der Waals surface area contributed by atoms with Gasteiger partial charge in [-0.15, -0.1) is 11.3 Å². The van der Waals surface area contributed by atoms with E-state index in [1.807, 2.05) is 33.1 Å². The van der Waals surface area contributed by atoms with Gasteiger partial charge in [0, 0.05) is 10.9 Å². The monoisotopic (exact) mass is 344 g/mol. The molecule has 0 aliphatic carbocycles. The number of nitrogens with one attached hydrogen (secondary N) is 1. The molecule has 1 aromatic carbocycles.